The highest BCUT2D eigenvalue weighted by Gasteiger charge is 2.70. The molecule has 4 N–H and O–H groups in total. The van der Waals surface area contributed by atoms with Crippen molar-refractivity contribution in [1.29, 1.82) is 0 Å². The molecular weight excluding hydrogens is 456 g/mol. The van der Waals surface area contributed by atoms with Crippen molar-refractivity contribution in [2.45, 2.75) is 141 Å². The third-order valence-corrected chi connectivity index (χ3v) is 12.7. The fraction of sp³-hybridized carbons (Fsp3) is 0.967. The molecule has 5 fully saturated rings. The normalized spacial score (nSPS) is 56.7. The van der Waals surface area contributed by atoms with E-state index < -0.39 is 40.2 Å². The molecule has 1 aliphatic heterocycles. The minimum absolute atomic E-state index is 0.0332. The second-order valence-electron chi connectivity index (χ2n) is 15.1. The summed E-state index contributed by atoms with van der Waals surface area (Å²) in [5.41, 5.74) is -3.69. The molecule has 1 heterocycles. The Morgan fingerprint density at radius 2 is 1.47 bits per heavy atom. The predicted octanol–water partition coefficient (Wildman–Crippen LogP) is 4.01. The second-order valence-corrected chi connectivity index (χ2v) is 15.1. The quantitative estimate of drug-likeness (QED) is 0.451. The van der Waals surface area contributed by atoms with Crippen molar-refractivity contribution in [3.05, 3.63) is 0 Å². The van der Waals surface area contributed by atoms with E-state index in [1.54, 1.807) is 13.8 Å². The highest BCUT2D eigenvalue weighted by Crippen LogP contribution is 2.70. The van der Waals surface area contributed by atoms with E-state index in [1.165, 1.54) is 0 Å². The number of aliphatic hydroxyl groups excluding tert-OH is 2. The number of aliphatic hydroxyl groups is 4. The summed E-state index contributed by atoms with van der Waals surface area (Å²) in [4.78, 5) is 12.9. The lowest BCUT2D eigenvalue weighted by Crippen LogP contribution is -2.61. The fourth-order valence-corrected chi connectivity index (χ4v) is 10.7. The van der Waals surface area contributed by atoms with Crippen LogP contribution in [0.4, 0.5) is 0 Å². The Morgan fingerprint density at radius 3 is 2.11 bits per heavy atom. The molecule has 36 heavy (non-hydrogen) atoms. The van der Waals surface area contributed by atoms with Crippen LogP contribution in [0.3, 0.4) is 0 Å². The van der Waals surface area contributed by atoms with Gasteiger partial charge in [-0.15, -0.1) is 0 Å². The number of hydrogen-bond donors (Lipinski definition) is 4. The average molecular weight is 507 g/mol. The third kappa shape index (κ3) is 3.36. The van der Waals surface area contributed by atoms with Crippen molar-refractivity contribution in [1.82, 2.24) is 0 Å². The topological polar surface area (TPSA) is 107 Å². The zero-order valence-corrected chi connectivity index (χ0v) is 23.5. The fourth-order valence-electron chi connectivity index (χ4n) is 10.7. The number of carbonyl (C=O) groups excluding carboxylic acids is 1. The van der Waals surface area contributed by atoms with Gasteiger partial charge in [0.25, 0.3) is 0 Å². The Balaban J connectivity index is 1.46. The van der Waals surface area contributed by atoms with Gasteiger partial charge in [0.15, 0.2) is 5.78 Å². The Kier molecular flexibility index (Phi) is 6.01. The molecule has 0 aromatic heterocycles. The SMILES string of the molecule is CC(C)[C@@]1(O)CC[C@@]2(C)C[C@](O)(C3CCC4[C@]3(C)CC[C@H]3OC(C)(C)C(=O)[C@H](O)[C@@H](O)[C@]43C)CCC21. The van der Waals surface area contributed by atoms with Gasteiger partial charge in [0.05, 0.1) is 23.4 Å². The molecule has 0 radical (unpaired) electrons. The van der Waals surface area contributed by atoms with Crippen LogP contribution in [0.25, 0.3) is 0 Å². The summed E-state index contributed by atoms with van der Waals surface area (Å²) in [6, 6.07) is 0. The first-order valence-corrected chi connectivity index (χ1v) is 14.5. The molecule has 0 amide bonds. The third-order valence-electron chi connectivity index (χ3n) is 12.7. The van der Waals surface area contributed by atoms with Gasteiger partial charge in [-0.05, 0) is 106 Å². The maximum atomic E-state index is 12.9. The zero-order chi connectivity index (χ0) is 26.7. The largest absolute Gasteiger partial charge is 0.390 e. The number of carbonyl (C=O) groups is 1. The first-order valence-electron chi connectivity index (χ1n) is 14.5. The Labute approximate surface area is 217 Å². The lowest BCUT2D eigenvalue weighted by Gasteiger charge is -2.59. The van der Waals surface area contributed by atoms with Crippen LogP contribution in [0, 0.1) is 39.9 Å². The first kappa shape index (κ1) is 27.1. The van der Waals surface area contributed by atoms with Crippen LogP contribution < -0.4 is 0 Å². The zero-order valence-electron chi connectivity index (χ0n) is 23.5. The van der Waals surface area contributed by atoms with Crippen LogP contribution >= 0.6 is 0 Å². The molecule has 206 valence electrons. The van der Waals surface area contributed by atoms with Crippen molar-refractivity contribution >= 4 is 5.78 Å². The van der Waals surface area contributed by atoms with Gasteiger partial charge in [0, 0.05) is 5.41 Å². The van der Waals surface area contributed by atoms with Gasteiger partial charge in [0.1, 0.15) is 11.7 Å². The van der Waals surface area contributed by atoms with Gasteiger partial charge >= 0.3 is 0 Å². The van der Waals surface area contributed by atoms with E-state index in [0.717, 1.165) is 38.5 Å². The van der Waals surface area contributed by atoms with Gasteiger partial charge in [-0.3, -0.25) is 4.79 Å². The maximum absolute atomic E-state index is 12.9. The molecule has 5 aliphatic rings. The second kappa shape index (κ2) is 8.00. The van der Waals surface area contributed by atoms with Crippen LogP contribution in [-0.2, 0) is 9.53 Å². The van der Waals surface area contributed by atoms with Crippen LogP contribution in [-0.4, -0.2) is 61.3 Å². The molecule has 6 nitrogen and oxygen atoms in total. The van der Waals surface area contributed by atoms with Gasteiger partial charge in [-0.1, -0.05) is 34.6 Å². The Bertz CT molecular complexity index is 917. The number of ketones is 1. The lowest BCUT2D eigenvalue weighted by molar-refractivity contribution is -0.217. The standard InChI is InChI=1S/C30H50O6/c1-17(2)30(35)15-14-26(5)16-29(34,13-10-18(26)30)20-9-8-19-27(20,6)12-11-21-28(19,7)24(33)22(31)23(32)25(3,4)36-21/h17-22,24,31,33-35H,8-16H2,1-7H3/t18?,19?,20?,21-,22+,24-,26+,27+,28-,29+,30+/m1/s1. The van der Waals surface area contributed by atoms with Gasteiger partial charge < -0.3 is 25.2 Å². The minimum atomic E-state index is -1.47. The number of Topliss-reactive ketones (excluding diaryl/α,β-unsaturated/α-hetero) is 1. The molecule has 0 aromatic rings. The summed E-state index contributed by atoms with van der Waals surface area (Å²) in [7, 11) is 0. The smallest absolute Gasteiger partial charge is 0.195 e. The minimum Gasteiger partial charge on any atom is -0.390 e. The molecular formula is C30H50O6. The van der Waals surface area contributed by atoms with Gasteiger partial charge in [-0.25, -0.2) is 0 Å². The summed E-state index contributed by atoms with van der Waals surface area (Å²) >= 11 is 0. The van der Waals surface area contributed by atoms with E-state index in [4.69, 9.17) is 4.74 Å². The molecule has 11 atom stereocenters. The number of rotatable bonds is 2. The lowest BCUT2D eigenvalue weighted by atomic mass is 9.48. The Morgan fingerprint density at radius 1 is 0.833 bits per heavy atom. The van der Waals surface area contributed by atoms with Crippen molar-refractivity contribution in [2.24, 2.45) is 39.9 Å². The highest BCUT2D eigenvalue weighted by molar-refractivity contribution is 5.91. The van der Waals surface area contributed by atoms with Crippen LogP contribution in [0.5, 0.6) is 0 Å². The Hall–Kier alpha value is -0.530. The summed E-state index contributed by atoms with van der Waals surface area (Å²) < 4.78 is 6.38. The average Bonchev–Trinajstić information content (AvgIpc) is 3.28. The highest BCUT2D eigenvalue weighted by atomic mass is 16.5. The van der Waals surface area contributed by atoms with E-state index in [-0.39, 0.29) is 40.6 Å². The van der Waals surface area contributed by atoms with E-state index in [0.29, 0.717) is 19.3 Å². The predicted molar refractivity (Wildman–Crippen MR) is 137 cm³/mol. The summed E-state index contributed by atoms with van der Waals surface area (Å²) in [6.45, 7) is 14.2. The summed E-state index contributed by atoms with van der Waals surface area (Å²) in [6.07, 6.45) is 4.28. The molecule has 0 aromatic carbocycles. The molecule has 4 aliphatic carbocycles. The molecule has 4 saturated carbocycles. The molecule has 1 saturated heterocycles. The summed E-state index contributed by atoms with van der Waals surface area (Å²) in [5.74, 6) is 0.0734. The summed E-state index contributed by atoms with van der Waals surface area (Å²) in [5, 5.41) is 46.3. The monoisotopic (exact) mass is 506 g/mol. The van der Waals surface area contributed by atoms with E-state index in [2.05, 4.69) is 27.7 Å². The van der Waals surface area contributed by atoms with Crippen LogP contribution in [0.1, 0.15) is 106 Å². The van der Waals surface area contributed by atoms with Crippen LogP contribution in [0.2, 0.25) is 0 Å². The number of hydrogen-bond acceptors (Lipinski definition) is 6. The molecule has 5 rings (SSSR count). The number of fused-ring (bicyclic) bond motifs is 4. The van der Waals surface area contributed by atoms with Gasteiger partial charge in [-0.2, -0.15) is 0 Å². The van der Waals surface area contributed by atoms with Crippen molar-refractivity contribution in [3.63, 3.8) is 0 Å². The van der Waals surface area contributed by atoms with Crippen molar-refractivity contribution < 1.29 is 30.0 Å². The van der Waals surface area contributed by atoms with E-state index in [1.807, 2.05) is 6.92 Å². The molecule has 3 unspecified atom stereocenters. The molecule has 6 heteroatoms. The molecule has 0 bridgehead atoms. The van der Waals surface area contributed by atoms with Gasteiger partial charge in [0.2, 0.25) is 0 Å². The number of ether oxygens (including phenoxy) is 1. The maximum Gasteiger partial charge on any atom is 0.195 e. The first-order chi connectivity index (χ1) is 16.5. The van der Waals surface area contributed by atoms with Crippen LogP contribution in [0.15, 0.2) is 0 Å². The van der Waals surface area contributed by atoms with E-state index >= 15 is 0 Å². The van der Waals surface area contributed by atoms with Crippen molar-refractivity contribution in [3.8, 4) is 0 Å². The molecule has 0 spiro atoms. The van der Waals surface area contributed by atoms with Crippen molar-refractivity contribution in [2.75, 3.05) is 0 Å². The van der Waals surface area contributed by atoms with E-state index in [9.17, 15) is 25.2 Å².